The van der Waals surface area contributed by atoms with Gasteiger partial charge in [-0.25, -0.2) is 0 Å². The second kappa shape index (κ2) is 6.43. The molecule has 0 bridgehead atoms. The number of nitrogens with one attached hydrogen (secondary N) is 2. The van der Waals surface area contributed by atoms with Gasteiger partial charge in [-0.2, -0.15) is 5.26 Å². The van der Waals surface area contributed by atoms with E-state index in [4.69, 9.17) is 9.68 Å². The molecule has 0 spiro atoms. The first kappa shape index (κ1) is 13.7. The zero-order chi connectivity index (χ0) is 14.4. The largest absolute Gasteiger partial charge is 0.449 e. The number of amides is 1. The number of hydrogen-bond donors (Lipinski definition) is 2. The summed E-state index contributed by atoms with van der Waals surface area (Å²) in [6.07, 6.45) is 0.375. The van der Waals surface area contributed by atoms with Gasteiger partial charge in [0.15, 0.2) is 0 Å². The van der Waals surface area contributed by atoms with Crippen LogP contribution in [0.3, 0.4) is 0 Å². The van der Waals surface area contributed by atoms with Crippen molar-refractivity contribution in [2.45, 2.75) is 13.0 Å². The summed E-state index contributed by atoms with van der Waals surface area (Å²) in [5.74, 6) is 1.00. The average molecular weight is 269 g/mol. The Morgan fingerprint density at radius 2 is 2.00 bits per heavy atom. The van der Waals surface area contributed by atoms with Crippen LogP contribution in [0.2, 0.25) is 0 Å². The first-order valence-corrected chi connectivity index (χ1v) is 6.23. The zero-order valence-electron chi connectivity index (χ0n) is 11.1. The molecule has 0 aliphatic rings. The molecule has 0 saturated heterocycles. The molecule has 1 aromatic heterocycles. The molecule has 0 unspecified atom stereocenters. The Kier molecular flexibility index (Phi) is 4.40. The average Bonchev–Trinajstić information content (AvgIpc) is 2.94. The lowest BCUT2D eigenvalue weighted by Gasteiger charge is -2.06. The van der Waals surface area contributed by atoms with Crippen LogP contribution in [0.5, 0.6) is 0 Å². The van der Waals surface area contributed by atoms with Gasteiger partial charge in [0.2, 0.25) is 11.7 Å². The van der Waals surface area contributed by atoms with Crippen molar-refractivity contribution in [3.05, 3.63) is 53.5 Å². The lowest BCUT2D eigenvalue weighted by Crippen LogP contribution is -2.19. The minimum Gasteiger partial charge on any atom is -0.449 e. The predicted molar refractivity (Wildman–Crippen MR) is 75.0 cm³/mol. The first-order valence-electron chi connectivity index (χ1n) is 6.23. The van der Waals surface area contributed by atoms with Gasteiger partial charge in [0, 0.05) is 12.7 Å². The van der Waals surface area contributed by atoms with E-state index < -0.39 is 0 Å². The lowest BCUT2D eigenvalue weighted by atomic mass is 10.1. The highest BCUT2D eigenvalue weighted by Gasteiger charge is 2.02. The SMILES string of the molecule is CNC(=O)Cc1ccc(NCc2ccc(C#N)o2)cc1. The van der Waals surface area contributed by atoms with E-state index in [0.717, 1.165) is 11.3 Å². The quantitative estimate of drug-likeness (QED) is 0.870. The molecule has 2 aromatic rings. The van der Waals surface area contributed by atoms with Crippen molar-refractivity contribution in [1.29, 1.82) is 5.26 Å². The van der Waals surface area contributed by atoms with E-state index in [1.807, 2.05) is 30.3 Å². The van der Waals surface area contributed by atoms with Gasteiger partial charge in [-0.1, -0.05) is 12.1 Å². The number of furan rings is 1. The maximum Gasteiger partial charge on any atom is 0.224 e. The molecule has 0 atom stereocenters. The molecule has 5 nitrogen and oxygen atoms in total. The summed E-state index contributed by atoms with van der Waals surface area (Å²) in [5, 5.41) is 14.4. The van der Waals surface area contributed by atoms with E-state index in [9.17, 15) is 4.79 Å². The van der Waals surface area contributed by atoms with Crippen molar-refractivity contribution in [1.82, 2.24) is 5.32 Å². The highest BCUT2D eigenvalue weighted by Crippen LogP contribution is 2.13. The molecule has 102 valence electrons. The zero-order valence-corrected chi connectivity index (χ0v) is 11.1. The Labute approximate surface area is 117 Å². The van der Waals surface area contributed by atoms with Crippen LogP contribution < -0.4 is 10.6 Å². The number of carbonyl (C=O) groups excluding carboxylic acids is 1. The molecule has 2 N–H and O–H groups in total. The fourth-order valence-electron chi connectivity index (χ4n) is 1.74. The Balaban J connectivity index is 1.90. The van der Waals surface area contributed by atoms with Crippen LogP contribution in [0, 0.1) is 11.3 Å². The smallest absolute Gasteiger partial charge is 0.224 e. The van der Waals surface area contributed by atoms with Crippen molar-refractivity contribution in [3.8, 4) is 6.07 Å². The number of benzene rings is 1. The number of nitrogens with zero attached hydrogens (tertiary/aromatic N) is 1. The Morgan fingerprint density at radius 3 is 2.60 bits per heavy atom. The van der Waals surface area contributed by atoms with Crippen LogP contribution in [-0.2, 0) is 17.8 Å². The third-order valence-corrected chi connectivity index (χ3v) is 2.84. The number of rotatable bonds is 5. The summed E-state index contributed by atoms with van der Waals surface area (Å²) in [7, 11) is 1.62. The summed E-state index contributed by atoms with van der Waals surface area (Å²) in [6, 6.07) is 13.0. The number of likely N-dealkylation sites (N-methyl/N-ethyl adjacent to an activating group) is 1. The van der Waals surface area contributed by atoms with Gasteiger partial charge >= 0.3 is 0 Å². The molecule has 1 aromatic carbocycles. The second-order valence-electron chi connectivity index (χ2n) is 4.28. The van der Waals surface area contributed by atoms with Gasteiger partial charge in [-0.05, 0) is 29.8 Å². The third-order valence-electron chi connectivity index (χ3n) is 2.84. The van der Waals surface area contributed by atoms with E-state index in [2.05, 4.69) is 10.6 Å². The summed E-state index contributed by atoms with van der Waals surface area (Å²) in [6.45, 7) is 0.510. The fraction of sp³-hybridized carbons (Fsp3) is 0.200. The van der Waals surface area contributed by atoms with Gasteiger partial charge in [-0.15, -0.1) is 0 Å². The van der Waals surface area contributed by atoms with Crippen LogP contribution in [0.15, 0.2) is 40.8 Å². The Bertz CT molecular complexity index is 623. The van der Waals surface area contributed by atoms with Gasteiger partial charge < -0.3 is 15.1 Å². The normalized spacial score (nSPS) is 9.80. The number of anilines is 1. The lowest BCUT2D eigenvalue weighted by molar-refractivity contribution is -0.119. The van der Waals surface area contributed by atoms with Crippen LogP contribution in [-0.4, -0.2) is 13.0 Å². The molecule has 0 aliphatic heterocycles. The number of carbonyl (C=O) groups is 1. The molecule has 0 aliphatic carbocycles. The number of hydrogen-bond acceptors (Lipinski definition) is 4. The summed E-state index contributed by atoms with van der Waals surface area (Å²) in [5.41, 5.74) is 1.89. The molecule has 1 amide bonds. The first-order chi connectivity index (χ1) is 9.71. The Hall–Kier alpha value is -2.74. The molecule has 0 fully saturated rings. The van der Waals surface area contributed by atoms with Crippen molar-refractivity contribution in [2.24, 2.45) is 0 Å². The van der Waals surface area contributed by atoms with Gasteiger partial charge in [-0.3, -0.25) is 4.79 Å². The van der Waals surface area contributed by atoms with Crippen molar-refractivity contribution in [2.75, 3.05) is 12.4 Å². The highest BCUT2D eigenvalue weighted by molar-refractivity contribution is 5.78. The fourth-order valence-corrected chi connectivity index (χ4v) is 1.74. The highest BCUT2D eigenvalue weighted by atomic mass is 16.3. The van der Waals surface area contributed by atoms with Crippen LogP contribution in [0.4, 0.5) is 5.69 Å². The van der Waals surface area contributed by atoms with Gasteiger partial charge in [0.25, 0.3) is 0 Å². The van der Waals surface area contributed by atoms with Crippen LogP contribution >= 0.6 is 0 Å². The van der Waals surface area contributed by atoms with E-state index in [1.165, 1.54) is 0 Å². The van der Waals surface area contributed by atoms with Gasteiger partial charge in [0.1, 0.15) is 11.8 Å². The topological polar surface area (TPSA) is 78.1 Å². The maximum atomic E-state index is 11.2. The van der Waals surface area contributed by atoms with E-state index in [0.29, 0.717) is 24.5 Å². The minimum atomic E-state index is -0.00896. The summed E-state index contributed by atoms with van der Waals surface area (Å²) < 4.78 is 5.27. The molecule has 0 radical (unpaired) electrons. The summed E-state index contributed by atoms with van der Waals surface area (Å²) >= 11 is 0. The standard InChI is InChI=1S/C15H15N3O2/c1-17-15(19)8-11-2-4-12(5-3-11)18-10-14-7-6-13(9-16)20-14/h2-7,18H,8,10H2,1H3,(H,17,19). The number of nitriles is 1. The van der Waals surface area contributed by atoms with Gasteiger partial charge in [0.05, 0.1) is 13.0 Å². The molecular weight excluding hydrogens is 254 g/mol. The van der Waals surface area contributed by atoms with Crippen LogP contribution in [0.25, 0.3) is 0 Å². The van der Waals surface area contributed by atoms with Crippen molar-refractivity contribution < 1.29 is 9.21 Å². The van der Waals surface area contributed by atoms with E-state index in [1.54, 1.807) is 19.2 Å². The van der Waals surface area contributed by atoms with Crippen molar-refractivity contribution >= 4 is 11.6 Å². The Morgan fingerprint density at radius 1 is 1.25 bits per heavy atom. The van der Waals surface area contributed by atoms with Crippen molar-refractivity contribution in [3.63, 3.8) is 0 Å². The monoisotopic (exact) mass is 269 g/mol. The predicted octanol–water partition coefficient (Wildman–Crippen LogP) is 2.05. The molecule has 20 heavy (non-hydrogen) atoms. The second-order valence-corrected chi connectivity index (χ2v) is 4.28. The molecule has 2 rings (SSSR count). The molecular formula is C15H15N3O2. The molecule has 0 saturated carbocycles. The summed E-state index contributed by atoms with van der Waals surface area (Å²) in [4.78, 5) is 11.2. The van der Waals surface area contributed by atoms with Crippen LogP contribution in [0.1, 0.15) is 17.1 Å². The van der Waals surface area contributed by atoms with E-state index in [-0.39, 0.29) is 5.91 Å². The maximum absolute atomic E-state index is 11.2. The molecule has 1 heterocycles. The minimum absolute atomic E-state index is 0.00896. The van der Waals surface area contributed by atoms with E-state index >= 15 is 0 Å². The molecule has 5 heteroatoms. The third kappa shape index (κ3) is 3.62.